The van der Waals surface area contributed by atoms with Crippen LogP contribution in [0.1, 0.15) is 38.2 Å². The van der Waals surface area contributed by atoms with Gasteiger partial charge in [-0.25, -0.2) is 8.78 Å². The summed E-state index contributed by atoms with van der Waals surface area (Å²) in [5, 5.41) is 6.52. The number of likely N-dealkylation sites (tertiary alicyclic amines) is 1. The molecular weight excluding hydrogens is 453 g/mol. The molecule has 5 nitrogen and oxygen atoms in total. The Morgan fingerprint density at radius 2 is 2.12 bits per heavy atom. The summed E-state index contributed by atoms with van der Waals surface area (Å²) < 4.78 is 26.4. The average Bonchev–Trinajstić information content (AvgIpc) is 3.08. The van der Waals surface area contributed by atoms with E-state index in [1.54, 1.807) is 13.1 Å². The monoisotopic (exact) mass is 480 g/mol. The summed E-state index contributed by atoms with van der Waals surface area (Å²) in [7, 11) is 1.68. The van der Waals surface area contributed by atoms with E-state index in [-0.39, 0.29) is 41.8 Å². The lowest BCUT2D eigenvalue weighted by molar-refractivity contribution is -0.129. The van der Waals surface area contributed by atoms with Crippen molar-refractivity contribution in [2.24, 2.45) is 4.99 Å². The van der Waals surface area contributed by atoms with Gasteiger partial charge in [-0.2, -0.15) is 0 Å². The number of aliphatic imine (C=N–C) groups is 1. The molecule has 2 atom stereocenters. The molecule has 2 rings (SSSR count). The molecule has 0 aromatic heterocycles. The SMILES string of the molecule is CCC(=O)N1CCC(NC(=NC)NCC(C)c2ccc(F)c(F)c2)C1.I. The Morgan fingerprint density at radius 3 is 2.73 bits per heavy atom. The van der Waals surface area contributed by atoms with Gasteiger partial charge >= 0.3 is 0 Å². The molecule has 146 valence electrons. The Labute approximate surface area is 170 Å². The van der Waals surface area contributed by atoms with Crippen molar-refractivity contribution < 1.29 is 13.6 Å². The second-order valence-electron chi connectivity index (χ2n) is 6.35. The summed E-state index contributed by atoms with van der Waals surface area (Å²) in [6, 6.07) is 4.13. The smallest absolute Gasteiger partial charge is 0.222 e. The summed E-state index contributed by atoms with van der Waals surface area (Å²) in [4.78, 5) is 17.8. The van der Waals surface area contributed by atoms with Gasteiger partial charge in [0.1, 0.15) is 0 Å². The second kappa shape index (κ2) is 10.6. The molecule has 0 spiro atoms. The first-order valence-corrected chi connectivity index (χ1v) is 8.64. The molecule has 1 amide bonds. The number of carbonyl (C=O) groups excluding carboxylic acids is 1. The fourth-order valence-electron chi connectivity index (χ4n) is 2.90. The van der Waals surface area contributed by atoms with Crippen molar-refractivity contribution in [3.63, 3.8) is 0 Å². The van der Waals surface area contributed by atoms with Crippen molar-refractivity contribution >= 4 is 35.8 Å². The van der Waals surface area contributed by atoms with E-state index in [2.05, 4.69) is 15.6 Å². The van der Waals surface area contributed by atoms with E-state index in [0.717, 1.165) is 24.6 Å². The number of guanidine groups is 1. The van der Waals surface area contributed by atoms with Gasteiger partial charge in [0.15, 0.2) is 17.6 Å². The van der Waals surface area contributed by atoms with E-state index in [0.29, 0.717) is 25.5 Å². The summed E-state index contributed by atoms with van der Waals surface area (Å²) in [5.74, 6) is -0.868. The zero-order chi connectivity index (χ0) is 18.4. The van der Waals surface area contributed by atoms with Crippen molar-refractivity contribution in [2.45, 2.75) is 38.6 Å². The number of halogens is 3. The standard InChI is InChI=1S/C18H26F2N4O.HI/c1-4-17(25)24-8-7-14(11-24)23-18(21-3)22-10-12(2)13-5-6-15(19)16(20)9-13;/h5-6,9,12,14H,4,7-8,10-11H2,1-3H3,(H2,21,22,23);1H. The second-order valence-corrected chi connectivity index (χ2v) is 6.35. The Balaban J connectivity index is 0.00000338. The molecular formula is C18H27F2IN4O. The molecule has 0 aliphatic carbocycles. The minimum atomic E-state index is -0.839. The summed E-state index contributed by atoms with van der Waals surface area (Å²) in [6.07, 6.45) is 1.40. The predicted molar refractivity (Wildman–Crippen MR) is 110 cm³/mol. The van der Waals surface area contributed by atoms with Crippen LogP contribution in [-0.2, 0) is 4.79 Å². The number of hydrogen-bond donors (Lipinski definition) is 2. The maximum absolute atomic E-state index is 13.3. The number of hydrogen-bond acceptors (Lipinski definition) is 2. The summed E-state index contributed by atoms with van der Waals surface area (Å²) in [5.41, 5.74) is 0.724. The van der Waals surface area contributed by atoms with Gasteiger partial charge in [0, 0.05) is 39.1 Å². The maximum atomic E-state index is 13.3. The first-order valence-electron chi connectivity index (χ1n) is 8.64. The van der Waals surface area contributed by atoms with Crippen molar-refractivity contribution in [1.29, 1.82) is 0 Å². The van der Waals surface area contributed by atoms with Gasteiger partial charge in [-0.15, -0.1) is 24.0 Å². The molecule has 0 radical (unpaired) electrons. The Hall–Kier alpha value is -1.45. The van der Waals surface area contributed by atoms with E-state index in [4.69, 9.17) is 0 Å². The van der Waals surface area contributed by atoms with Crippen LogP contribution in [0.2, 0.25) is 0 Å². The number of nitrogens with one attached hydrogen (secondary N) is 2. The van der Waals surface area contributed by atoms with Crippen LogP contribution in [0.4, 0.5) is 8.78 Å². The van der Waals surface area contributed by atoms with Crippen LogP contribution >= 0.6 is 24.0 Å². The van der Waals surface area contributed by atoms with Crippen molar-refractivity contribution in [3.05, 3.63) is 35.4 Å². The quantitative estimate of drug-likeness (QED) is 0.387. The van der Waals surface area contributed by atoms with Crippen molar-refractivity contribution in [1.82, 2.24) is 15.5 Å². The molecule has 0 saturated carbocycles. The molecule has 2 N–H and O–H groups in total. The fourth-order valence-corrected chi connectivity index (χ4v) is 2.90. The van der Waals surface area contributed by atoms with Crippen LogP contribution in [0, 0.1) is 11.6 Å². The third-order valence-corrected chi connectivity index (χ3v) is 4.50. The number of amides is 1. The van der Waals surface area contributed by atoms with Crippen LogP contribution in [0.5, 0.6) is 0 Å². The third kappa shape index (κ3) is 6.07. The predicted octanol–water partition coefficient (Wildman–Crippen LogP) is 2.86. The Morgan fingerprint density at radius 1 is 1.38 bits per heavy atom. The number of rotatable bonds is 5. The largest absolute Gasteiger partial charge is 0.356 e. The van der Waals surface area contributed by atoms with E-state index < -0.39 is 11.6 Å². The molecule has 1 aromatic carbocycles. The van der Waals surface area contributed by atoms with Crippen LogP contribution in [-0.4, -0.2) is 49.5 Å². The van der Waals surface area contributed by atoms with Crippen molar-refractivity contribution in [2.75, 3.05) is 26.7 Å². The van der Waals surface area contributed by atoms with Gasteiger partial charge in [0.2, 0.25) is 5.91 Å². The topological polar surface area (TPSA) is 56.7 Å². The first kappa shape index (κ1) is 22.6. The zero-order valence-corrected chi connectivity index (χ0v) is 17.7. The maximum Gasteiger partial charge on any atom is 0.222 e. The molecule has 26 heavy (non-hydrogen) atoms. The molecule has 2 unspecified atom stereocenters. The minimum Gasteiger partial charge on any atom is -0.356 e. The molecule has 1 saturated heterocycles. The highest BCUT2D eigenvalue weighted by Crippen LogP contribution is 2.17. The van der Waals surface area contributed by atoms with Gasteiger partial charge < -0.3 is 15.5 Å². The number of carbonyl (C=O) groups is 1. The molecule has 8 heteroatoms. The lowest BCUT2D eigenvalue weighted by Crippen LogP contribution is -2.45. The molecule has 1 heterocycles. The highest BCUT2D eigenvalue weighted by molar-refractivity contribution is 14.0. The van der Waals surface area contributed by atoms with Crippen LogP contribution in [0.25, 0.3) is 0 Å². The van der Waals surface area contributed by atoms with E-state index in [1.165, 1.54) is 6.07 Å². The van der Waals surface area contributed by atoms with E-state index >= 15 is 0 Å². The van der Waals surface area contributed by atoms with Gasteiger partial charge in [-0.1, -0.05) is 19.9 Å². The van der Waals surface area contributed by atoms with Gasteiger partial charge in [-0.3, -0.25) is 9.79 Å². The molecule has 1 aliphatic rings. The molecule has 0 bridgehead atoms. The third-order valence-electron chi connectivity index (χ3n) is 4.50. The van der Waals surface area contributed by atoms with Gasteiger partial charge in [0.25, 0.3) is 0 Å². The number of benzene rings is 1. The normalized spacial score (nSPS) is 18.3. The van der Waals surface area contributed by atoms with Crippen LogP contribution in [0.3, 0.4) is 0 Å². The lowest BCUT2D eigenvalue weighted by Gasteiger charge is -2.20. The zero-order valence-electron chi connectivity index (χ0n) is 15.4. The fraction of sp³-hybridized carbons (Fsp3) is 0.556. The molecule has 1 aliphatic heterocycles. The number of nitrogens with zero attached hydrogens (tertiary/aromatic N) is 2. The lowest BCUT2D eigenvalue weighted by atomic mass is 10.0. The molecule has 1 fully saturated rings. The molecule has 1 aromatic rings. The average molecular weight is 480 g/mol. The highest BCUT2D eigenvalue weighted by atomic mass is 127. The van der Waals surface area contributed by atoms with Crippen LogP contribution < -0.4 is 10.6 Å². The highest BCUT2D eigenvalue weighted by Gasteiger charge is 2.25. The van der Waals surface area contributed by atoms with Gasteiger partial charge in [0.05, 0.1) is 0 Å². The van der Waals surface area contributed by atoms with Gasteiger partial charge in [-0.05, 0) is 30.0 Å². The minimum absolute atomic E-state index is 0. The summed E-state index contributed by atoms with van der Waals surface area (Å²) >= 11 is 0. The summed E-state index contributed by atoms with van der Waals surface area (Å²) in [6.45, 7) is 5.77. The Kier molecular flexibility index (Phi) is 9.24. The van der Waals surface area contributed by atoms with Crippen molar-refractivity contribution in [3.8, 4) is 0 Å². The Bertz CT molecular complexity index is 642. The van der Waals surface area contributed by atoms with E-state index in [1.807, 2.05) is 18.7 Å². The first-order chi connectivity index (χ1) is 11.9. The van der Waals surface area contributed by atoms with E-state index in [9.17, 15) is 13.6 Å². The van der Waals surface area contributed by atoms with Crippen LogP contribution in [0.15, 0.2) is 23.2 Å².